The standard InChI is InChI=1S/C26H18ClFN4O3/c1-2-20-21(25(34)32(29-20)19-10-6-16(27)7-11-19)22-23(30-14-4-3-5-15-30)26(35)31(24(22)33)18-12-8-17(28)9-13-18/h3-15H,2H2,1H3. The van der Waals surface area contributed by atoms with E-state index in [1.807, 2.05) is 6.92 Å². The van der Waals surface area contributed by atoms with Crippen LogP contribution in [0.25, 0.3) is 17.0 Å². The van der Waals surface area contributed by atoms with E-state index in [-0.39, 0.29) is 22.5 Å². The Labute approximate surface area is 204 Å². The Morgan fingerprint density at radius 2 is 1.57 bits per heavy atom. The molecule has 0 fully saturated rings. The molecule has 0 aliphatic carbocycles. The van der Waals surface area contributed by atoms with Crippen molar-refractivity contribution >= 4 is 40.4 Å². The second-order valence-corrected chi connectivity index (χ2v) is 8.23. The summed E-state index contributed by atoms with van der Waals surface area (Å²) in [7, 11) is 0. The zero-order valence-electron chi connectivity index (χ0n) is 18.5. The predicted molar refractivity (Wildman–Crippen MR) is 126 cm³/mol. The van der Waals surface area contributed by atoms with Crippen LogP contribution in [0.4, 0.5) is 10.1 Å². The van der Waals surface area contributed by atoms with E-state index in [2.05, 4.69) is 5.10 Å². The highest BCUT2D eigenvalue weighted by atomic mass is 35.5. The number of hydrogen-bond acceptors (Lipinski definition) is 4. The molecule has 1 aliphatic rings. The van der Waals surface area contributed by atoms with Crippen LogP contribution in [0.2, 0.25) is 5.02 Å². The fourth-order valence-electron chi connectivity index (χ4n) is 4.06. The molecule has 2 amide bonds. The zero-order valence-corrected chi connectivity index (χ0v) is 19.2. The van der Waals surface area contributed by atoms with Gasteiger partial charge in [0, 0.05) is 22.7 Å². The summed E-state index contributed by atoms with van der Waals surface area (Å²) in [6.07, 6.45) is 3.59. The van der Waals surface area contributed by atoms with Crippen molar-refractivity contribution in [3.05, 3.63) is 101 Å². The number of amides is 2. The molecule has 7 nitrogen and oxygen atoms in total. The van der Waals surface area contributed by atoms with Gasteiger partial charge in [0.25, 0.3) is 11.6 Å². The van der Waals surface area contributed by atoms with Gasteiger partial charge in [0.15, 0.2) is 12.4 Å². The molecule has 0 unspecified atom stereocenters. The normalized spacial score (nSPS) is 13.7. The molecular formula is C26H18ClFN4O3. The van der Waals surface area contributed by atoms with Crippen LogP contribution >= 0.6 is 11.6 Å². The van der Waals surface area contributed by atoms with Gasteiger partial charge in [-0.25, -0.2) is 14.0 Å². The minimum atomic E-state index is -0.685. The van der Waals surface area contributed by atoms with E-state index < -0.39 is 23.5 Å². The van der Waals surface area contributed by atoms with E-state index in [1.165, 1.54) is 21.4 Å². The number of imide groups is 1. The number of pyridine rings is 1. The molecule has 0 spiro atoms. The molecule has 0 saturated heterocycles. The molecule has 0 radical (unpaired) electrons. The van der Waals surface area contributed by atoms with Gasteiger partial charge >= 0.3 is 5.91 Å². The average Bonchev–Trinajstić information content (AvgIpc) is 3.33. The fourth-order valence-corrected chi connectivity index (χ4v) is 4.18. The number of hydrogen-bond donors (Lipinski definition) is 0. The summed E-state index contributed by atoms with van der Waals surface area (Å²) in [5.74, 6) is -2.35. The second kappa shape index (κ2) is 8.81. The van der Waals surface area contributed by atoms with Crippen molar-refractivity contribution in [2.75, 3.05) is 4.90 Å². The highest BCUT2D eigenvalue weighted by molar-refractivity contribution is 6.53. The van der Waals surface area contributed by atoms with Crippen molar-refractivity contribution in [2.45, 2.75) is 13.3 Å². The first-order valence-corrected chi connectivity index (χ1v) is 11.2. The van der Waals surface area contributed by atoms with E-state index in [1.54, 1.807) is 54.9 Å². The molecule has 2 aromatic heterocycles. The SMILES string of the molecule is CCc1nn(-c2ccc(Cl)cc2)c([O-])c1C1=C([n+]2ccccc2)C(=O)N(c2ccc(F)cc2)C1=O. The van der Waals surface area contributed by atoms with Gasteiger partial charge in [0.05, 0.1) is 17.1 Å². The third-order valence-electron chi connectivity index (χ3n) is 5.69. The lowest BCUT2D eigenvalue weighted by molar-refractivity contribution is -0.576. The Hall–Kier alpha value is -4.30. The van der Waals surface area contributed by atoms with Gasteiger partial charge in [-0.15, -0.1) is 0 Å². The number of benzene rings is 2. The van der Waals surface area contributed by atoms with E-state index >= 15 is 0 Å². The topological polar surface area (TPSA) is 82.1 Å². The first kappa shape index (κ1) is 22.5. The molecule has 1 aliphatic heterocycles. The molecule has 3 heterocycles. The van der Waals surface area contributed by atoms with Crippen LogP contribution in [-0.4, -0.2) is 21.6 Å². The predicted octanol–water partition coefficient (Wildman–Crippen LogP) is 3.53. The van der Waals surface area contributed by atoms with Gasteiger partial charge in [0.2, 0.25) is 0 Å². The third-order valence-corrected chi connectivity index (χ3v) is 5.94. The van der Waals surface area contributed by atoms with E-state index in [0.717, 1.165) is 17.0 Å². The van der Waals surface area contributed by atoms with Gasteiger partial charge in [0.1, 0.15) is 11.4 Å². The van der Waals surface area contributed by atoms with Crippen LogP contribution in [0.15, 0.2) is 79.1 Å². The van der Waals surface area contributed by atoms with Crippen molar-refractivity contribution in [2.24, 2.45) is 0 Å². The molecule has 0 saturated carbocycles. The summed E-state index contributed by atoms with van der Waals surface area (Å²) in [6.45, 7) is 1.81. The average molecular weight is 489 g/mol. The maximum atomic E-state index is 13.7. The Balaban J connectivity index is 1.75. The first-order chi connectivity index (χ1) is 16.9. The quantitative estimate of drug-likeness (QED) is 0.318. The molecule has 174 valence electrons. The lowest BCUT2D eigenvalue weighted by Gasteiger charge is -2.15. The number of nitrogens with zero attached hydrogens (tertiary/aromatic N) is 4. The zero-order chi connectivity index (χ0) is 24.7. The van der Waals surface area contributed by atoms with Crippen LogP contribution in [0.1, 0.15) is 18.2 Å². The van der Waals surface area contributed by atoms with Crippen LogP contribution in [0, 0.1) is 5.82 Å². The van der Waals surface area contributed by atoms with Gasteiger partial charge < -0.3 is 5.11 Å². The van der Waals surface area contributed by atoms with Gasteiger partial charge in [-0.1, -0.05) is 24.6 Å². The van der Waals surface area contributed by atoms with Crippen molar-refractivity contribution in [1.82, 2.24) is 9.78 Å². The number of aromatic nitrogens is 3. The van der Waals surface area contributed by atoms with Gasteiger partial charge in [-0.3, -0.25) is 9.59 Å². The summed E-state index contributed by atoms with van der Waals surface area (Å²) in [5, 5.41) is 18.6. The number of rotatable bonds is 5. The van der Waals surface area contributed by atoms with Crippen molar-refractivity contribution in [1.29, 1.82) is 0 Å². The smallest absolute Gasteiger partial charge is 0.331 e. The van der Waals surface area contributed by atoms with Crippen LogP contribution < -0.4 is 14.6 Å². The lowest BCUT2D eigenvalue weighted by Crippen LogP contribution is -2.39. The number of carbonyl (C=O) groups excluding carboxylic acids is 2. The maximum absolute atomic E-state index is 13.7. The molecule has 0 N–H and O–H groups in total. The minimum Gasteiger partial charge on any atom is -0.858 e. The van der Waals surface area contributed by atoms with Crippen LogP contribution in [0.3, 0.4) is 0 Å². The van der Waals surface area contributed by atoms with Gasteiger partial charge in [-0.05, 0) is 60.8 Å². The summed E-state index contributed by atoms with van der Waals surface area (Å²) < 4.78 is 16.2. The third kappa shape index (κ3) is 3.77. The Morgan fingerprint density at radius 1 is 0.943 bits per heavy atom. The van der Waals surface area contributed by atoms with E-state index in [9.17, 15) is 19.1 Å². The Morgan fingerprint density at radius 3 is 2.20 bits per heavy atom. The van der Waals surface area contributed by atoms with E-state index in [4.69, 9.17) is 11.6 Å². The molecule has 4 aromatic rings. The Kier molecular flexibility index (Phi) is 5.66. The lowest BCUT2D eigenvalue weighted by atomic mass is 10.0. The molecule has 2 aromatic carbocycles. The molecule has 35 heavy (non-hydrogen) atoms. The number of halogens is 2. The summed E-state index contributed by atoms with van der Waals surface area (Å²) >= 11 is 5.98. The molecule has 9 heteroatoms. The summed E-state index contributed by atoms with van der Waals surface area (Å²) in [4.78, 5) is 28.3. The molecule has 5 rings (SSSR count). The van der Waals surface area contributed by atoms with Crippen molar-refractivity contribution < 1.29 is 23.7 Å². The number of carbonyl (C=O) groups is 2. The Bertz CT molecular complexity index is 1480. The van der Waals surface area contributed by atoms with Crippen LogP contribution in [0.5, 0.6) is 5.88 Å². The number of anilines is 1. The van der Waals surface area contributed by atoms with E-state index in [0.29, 0.717) is 22.8 Å². The highest BCUT2D eigenvalue weighted by Gasteiger charge is 2.47. The second-order valence-electron chi connectivity index (χ2n) is 7.80. The summed E-state index contributed by atoms with van der Waals surface area (Å²) in [6, 6.07) is 16.8. The fraction of sp³-hybridized carbons (Fsp3) is 0.0769. The van der Waals surface area contributed by atoms with Crippen molar-refractivity contribution in [3.8, 4) is 11.6 Å². The summed E-state index contributed by atoms with van der Waals surface area (Å²) in [5.41, 5.74) is 1.05. The monoisotopic (exact) mass is 488 g/mol. The molecule has 0 atom stereocenters. The van der Waals surface area contributed by atoms with Crippen molar-refractivity contribution in [3.63, 3.8) is 0 Å². The number of aryl methyl sites for hydroxylation is 1. The molecular weight excluding hydrogens is 471 g/mol. The maximum Gasteiger partial charge on any atom is 0.331 e. The molecule has 0 bridgehead atoms. The first-order valence-electron chi connectivity index (χ1n) is 10.8. The largest absolute Gasteiger partial charge is 0.858 e. The van der Waals surface area contributed by atoms with Gasteiger partial charge in [-0.2, -0.15) is 9.67 Å². The minimum absolute atomic E-state index is 0.0161. The highest BCUT2D eigenvalue weighted by Crippen LogP contribution is 2.38. The van der Waals surface area contributed by atoms with Crippen LogP contribution in [-0.2, 0) is 16.0 Å².